The molecule has 0 aliphatic heterocycles. The van der Waals surface area contributed by atoms with E-state index in [0.717, 1.165) is 39.0 Å². The Labute approximate surface area is 220 Å². The Morgan fingerprint density at radius 1 is 0.395 bits per heavy atom. The van der Waals surface area contributed by atoms with Crippen molar-refractivity contribution in [1.29, 1.82) is 0 Å². The molecule has 2 heteroatoms. The molecule has 0 amide bonds. The van der Waals surface area contributed by atoms with Gasteiger partial charge >= 0.3 is 0 Å². The highest BCUT2D eigenvalue weighted by Gasteiger charge is 2.21. The third-order valence-electron chi connectivity index (χ3n) is 7.59. The van der Waals surface area contributed by atoms with Gasteiger partial charge in [0.25, 0.3) is 0 Å². The summed E-state index contributed by atoms with van der Waals surface area (Å²) in [6.45, 7) is 0. The van der Waals surface area contributed by atoms with Crippen LogP contribution in [0.4, 0.5) is 17.1 Å². The first-order valence-corrected chi connectivity index (χ1v) is 12.9. The number of para-hydroxylation sites is 1. The van der Waals surface area contributed by atoms with Gasteiger partial charge in [-0.15, -0.1) is 0 Å². The second-order valence-corrected chi connectivity index (χ2v) is 9.78. The van der Waals surface area contributed by atoms with Crippen molar-refractivity contribution < 1.29 is 4.42 Å². The third kappa shape index (κ3) is 3.14. The summed E-state index contributed by atoms with van der Waals surface area (Å²) < 4.78 is 6.59. The van der Waals surface area contributed by atoms with Crippen molar-refractivity contribution in [3.63, 3.8) is 0 Å². The highest BCUT2D eigenvalue weighted by Crippen LogP contribution is 2.46. The van der Waals surface area contributed by atoms with Crippen molar-refractivity contribution >= 4 is 71.3 Å². The van der Waals surface area contributed by atoms with Gasteiger partial charge in [-0.25, -0.2) is 0 Å². The zero-order valence-corrected chi connectivity index (χ0v) is 20.6. The van der Waals surface area contributed by atoms with Crippen LogP contribution in [0.2, 0.25) is 0 Å². The van der Waals surface area contributed by atoms with Gasteiger partial charge in [0, 0.05) is 33.3 Å². The van der Waals surface area contributed by atoms with Crippen molar-refractivity contribution in [2.45, 2.75) is 0 Å². The Bertz CT molecular complexity index is 2130. The minimum atomic E-state index is 0.894. The second kappa shape index (κ2) is 8.22. The van der Waals surface area contributed by atoms with E-state index in [9.17, 15) is 0 Å². The molecule has 7 aromatic carbocycles. The lowest BCUT2D eigenvalue weighted by Crippen LogP contribution is -2.11. The highest BCUT2D eigenvalue weighted by atomic mass is 16.3. The van der Waals surface area contributed by atoms with Crippen LogP contribution in [0.5, 0.6) is 0 Å². The number of anilines is 3. The first-order valence-electron chi connectivity index (χ1n) is 12.9. The molecule has 0 aliphatic rings. The van der Waals surface area contributed by atoms with E-state index >= 15 is 0 Å². The second-order valence-electron chi connectivity index (χ2n) is 9.78. The van der Waals surface area contributed by atoms with Gasteiger partial charge in [0.15, 0.2) is 0 Å². The minimum Gasteiger partial charge on any atom is -0.456 e. The number of nitrogens with zero attached hydrogens (tertiary/aromatic N) is 1. The van der Waals surface area contributed by atoms with E-state index in [1.165, 1.54) is 32.3 Å². The molecule has 178 valence electrons. The number of benzene rings is 7. The lowest BCUT2D eigenvalue weighted by Gasteiger charge is -2.28. The van der Waals surface area contributed by atoms with E-state index in [-0.39, 0.29) is 0 Å². The smallest absolute Gasteiger partial charge is 0.138 e. The Morgan fingerprint density at radius 3 is 1.84 bits per heavy atom. The van der Waals surface area contributed by atoms with Crippen LogP contribution in [0.3, 0.4) is 0 Å². The summed E-state index contributed by atoms with van der Waals surface area (Å²) in [5, 5.41) is 9.52. The van der Waals surface area contributed by atoms with Gasteiger partial charge in [-0.1, -0.05) is 103 Å². The fourth-order valence-electron chi connectivity index (χ4n) is 5.88. The van der Waals surface area contributed by atoms with Gasteiger partial charge in [-0.05, 0) is 51.9 Å². The van der Waals surface area contributed by atoms with E-state index in [2.05, 4.69) is 144 Å². The fraction of sp³-hybridized carbons (Fsp3) is 0. The molecule has 0 saturated carbocycles. The number of hydrogen-bond acceptors (Lipinski definition) is 2. The van der Waals surface area contributed by atoms with Gasteiger partial charge in [-0.3, -0.25) is 0 Å². The molecule has 0 fully saturated rings. The average molecular weight is 486 g/mol. The molecule has 0 aliphatic carbocycles. The van der Waals surface area contributed by atoms with Crippen LogP contribution in [-0.4, -0.2) is 0 Å². The largest absolute Gasteiger partial charge is 0.456 e. The van der Waals surface area contributed by atoms with E-state index in [0.29, 0.717) is 0 Å². The molecule has 8 rings (SSSR count). The number of hydrogen-bond donors (Lipinski definition) is 0. The Balaban J connectivity index is 1.50. The predicted octanol–water partition coefficient (Wildman–Crippen LogP) is 10.5. The van der Waals surface area contributed by atoms with Crippen LogP contribution in [0.25, 0.3) is 54.3 Å². The maximum atomic E-state index is 6.59. The molecule has 8 aromatic rings. The normalized spacial score (nSPS) is 11.7. The first kappa shape index (κ1) is 21.0. The van der Waals surface area contributed by atoms with Crippen LogP contribution in [-0.2, 0) is 0 Å². The van der Waals surface area contributed by atoms with Crippen LogP contribution >= 0.6 is 0 Å². The molecule has 38 heavy (non-hydrogen) atoms. The van der Waals surface area contributed by atoms with Crippen LogP contribution in [0.1, 0.15) is 0 Å². The Morgan fingerprint density at radius 2 is 1.03 bits per heavy atom. The lowest BCUT2D eigenvalue weighted by molar-refractivity contribution is 0.670. The predicted molar refractivity (Wildman–Crippen MR) is 161 cm³/mol. The number of furan rings is 1. The van der Waals surface area contributed by atoms with Crippen molar-refractivity contribution in [3.8, 4) is 0 Å². The van der Waals surface area contributed by atoms with Crippen LogP contribution in [0.15, 0.2) is 144 Å². The first-order chi connectivity index (χ1) is 18.8. The van der Waals surface area contributed by atoms with Gasteiger partial charge < -0.3 is 9.32 Å². The van der Waals surface area contributed by atoms with Gasteiger partial charge in [0.05, 0.1) is 11.4 Å². The topological polar surface area (TPSA) is 16.4 Å². The van der Waals surface area contributed by atoms with E-state index in [1.54, 1.807) is 0 Å². The zero-order valence-electron chi connectivity index (χ0n) is 20.6. The van der Waals surface area contributed by atoms with E-state index in [1.807, 2.05) is 0 Å². The highest BCUT2D eigenvalue weighted by molar-refractivity contribution is 6.24. The van der Waals surface area contributed by atoms with E-state index < -0.39 is 0 Å². The molecule has 1 aromatic heterocycles. The minimum absolute atomic E-state index is 0.894. The zero-order chi connectivity index (χ0) is 25.1. The molecule has 2 nitrogen and oxygen atoms in total. The summed E-state index contributed by atoms with van der Waals surface area (Å²) in [5.41, 5.74) is 5.15. The summed E-state index contributed by atoms with van der Waals surface area (Å²) in [5.74, 6) is 0. The maximum absolute atomic E-state index is 6.59. The monoisotopic (exact) mass is 485 g/mol. The number of fused-ring (bicyclic) bond motifs is 7. The molecular weight excluding hydrogens is 462 g/mol. The SMILES string of the molecule is c1ccc(N(c2cccc3ccccc23)c2cc3oc4cc5ccccc5cc4c3c3ccccc23)cc1. The Kier molecular flexibility index (Phi) is 4.55. The molecule has 0 bridgehead atoms. The molecular formula is C36H23NO. The lowest BCUT2D eigenvalue weighted by atomic mass is 9.99. The van der Waals surface area contributed by atoms with E-state index in [4.69, 9.17) is 4.42 Å². The van der Waals surface area contributed by atoms with Crippen molar-refractivity contribution in [2.24, 2.45) is 0 Å². The summed E-state index contributed by atoms with van der Waals surface area (Å²) in [7, 11) is 0. The third-order valence-corrected chi connectivity index (χ3v) is 7.59. The van der Waals surface area contributed by atoms with Crippen LogP contribution in [0, 0.1) is 0 Å². The Hall–Kier alpha value is -5.08. The summed E-state index contributed by atoms with van der Waals surface area (Å²) >= 11 is 0. The maximum Gasteiger partial charge on any atom is 0.138 e. The molecule has 1 heterocycles. The quantitative estimate of drug-likeness (QED) is 0.247. The van der Waals surface area contributed by atoms with Gasteiger partial charge in [-0.2, -0.15) is 0 Å². The summed E-state index contributed by atoms with van der Waals surface area (Å²) in [4.78, 5) is 2.37. The molecule has 0 saturated heterocycles. The van der Waals surface area contributed by atoms with Gasteiger partial charge in [0.1, 0.15) is 11.2 Å². The average Bonchev–Trinajstić information content (AvgIpc) is 3.34. The molecule has 0 atom stereocenters. The standard InChI is InChI=1S/C36H23NO/c1-2-15-27(16-3-1)37(32-20-10-14-24-11-6-7-17-28(24)32)33-23-35-36(30-19-9-8-18-29(30)33)31-21-25-12-4-5-13-26(25)22-34(31)38-35/h1-23H. The van der Waals surface area contributed by atoms with Gasteiger partial charge in [0.2, 0.25) is 0 Å². The van der Waals surface area contributed by atoms with Crippen molar-refractivity contribution in [2.75, 3.05) is 4.90 Å². The van der Waals surface area contributed by atoms with Crippen molar-refractivity contribution in [1.82, 2.24) is 0 Å². The molecule has 0 radical (unpaired) electrons. The number of rotatable bonds is 3. The summed E-state index contributed by atoms with van der Waals surface area (Å²) in [6, 6.07) is 49.5. The molecule has 0 spiro atoms. The van der Waals surface area contributed by atoms with Crippen molar-refractivity contribution in [3.05, 3.63) is 140 Å². The molecule has 0 N–H and O–H groups in total. The van der Waals surface area contributed by atoms with Crippen LogP contribution < -0.4 is 4.90 Å². The fourth-order valence-corrected chi connectivity index (χ4v) is 5.88. The summed E-state index contributed by atoms with van der Waals surface area (Å²) in [6.07, 6.45) is 0. The molecule has 0 unspecified atom stereocenters.